The molecule has 0 aromatic heterocycles. The van der Waals surface area contributed by atoms with Crippen molar-refractivity contribution >= 4 is 61.0 Å². The molecule has 7 nitrogen and oxygen atoms in total. The Hall–Kier alpha value is -1.74. The van der Waals surface area contributed by atoms with Crippen LogP contribution in [0.1, 0.15) is 0 Å². The quantitative estimate of drug-likeness (QED) is 0.562. The van der Waals surface area contributed by atoms with Crippen LogP contribution in [0.2, 0.25) is 0 Å². The van der Waals surface area contributed by atoms with Crippen LogP contribution in [0.5, 0.6) is 0 Å². The molecule has 9 heteroatoms. The highest BCUT2D eigenvalue weighted by atomic mass is 79.9. The molecule has 2 amide bonds. The summed E-state index contributed by atoms with van der Waals surface area (Å²) in [6, 6.07) is 4.21. The van der Waals surface area contributed by atoms with Crippen molar-refractivity contribution in [3.8, 4) is 0 Å². The highest BCUT2D eigenvalue weighted by molar-refractivity contribution is 9.11. The molecule has 114 valence electrons. The number of fused-ring (bicyclic) bond motifs is 1. The van der Waals surface area contributed by atoms with Gasteiger partial charge in [0.25, 0.3) is 5.91 Å². The maximum absolute atomic E-state index is 12.6. The van der Waals surface area contributed by atoms with E-state index in [9.17, 15) is 14.4 Å². The van der Waals surface area contributed by atoms with Gasteiger partial charge in [0.1, 0.15) is 12.0 Å². The SMILES string of the molecule is COC(=O)C1=NN[C@@H]2C(=O)N(c3ccc(Br)cc3Br)C(=O)[C@H]12. The molecule has 0 aliphatic carbocycles. The maximum Gasteiger partial charge on any atom is 0.355 e. The van der Waals surface area contributed by atoms with Crippen LogP contribution in [-0.2, 0) is 19.1 Å². The van der Waals surface area contributed by atoms with Gasteiger partial charge in [-0.05, 0) is 34.1 Å². The fraction of sp³-hybridized carbons (Fsp3) is 0.231. The fourth-order valence-corrected chi connectivity index (χ4v) is 3.69. The molecule has 0 radical (unpaired) electrons. The lowest BCUT2D eigenvalue weighted by Gasteiger charge is -2.17. The third-order valence-corrected chi connectivity index (χ3v) is 4.60. The first-order valence-corrected chi connectivity index (χ1v) is 7.78. The Kier molecular flexibility index (Phi) is 3.77. The molecule has 2 heterocycles. The Morgan fingerprint density at radius 2 is 2.05 bits per heavy atom. The van der Waals surface area contributed by atoms with Crippen molar-refractivity contribution in [2.24, 2.45) is 11.0 Å². The average Bonchev–Trinajstić information content (AvgIpc) is 3.01. The number of halogens is 2. The molecule has 0 unspecified atom stereocenters. The maximum atomic E-state index is 12.6. The molecule has 2 atom stereocenters. The Morgan fingerprint density at radius 3 is 2.68 bits per heavy atom. The lowest BCUT2D eigenvalue weighted by atomic mass is 9.99. The van der Waals surface area contributed by atoms with Crippen LogP contribution in [0.25, 0.3) is 0 Å². The third-order valence-electron chi connectivity index (χ3n) is 3.47. The molecule has 2 aliphatic heterocycles. The van der Waals surface area contributed by atoms with Crippen molar-refractivity contribution in [1.29, 1.82) is 0 Å². The summed E-state index contributed by atoms with van der Waals surface area (Å²) in [6.45, 7) is 0. The van der Waals surface area contributed by atoms with Crippen LogP contribution in [0.4, 0.5) is 5.69 Å². The number of imide groups is 1. The summed E-state index contributed by atoms with van der Waals surface area (Å²) in [4.78, 5) is 37.8. The molecule has 1 fully saturated rings. The Morgan fingerprint density at radius 1 is 1.32 bits per heavy atom. The van der Waals surface area contributed by atoms with E-state index >= 15 is 0 Å². The number of methoxy groups -OCH3 is 1. The van der Waals surface area contributed by atoms with E-state index in [1.807, 2.05) is 0 Å². The number of carbonyl (C=O) groups is 3. The second kappa shape index (κ2) is 5.47. The summed E-state index contributed by atoms with van der Waals surface area (Å²) >= 11 is 6.64. The molecule has 1 aromatic rings. The van der Waals surface area contributed by atoms with E-state index in [0.717, 1.165) is 9.37 Å². The highest BCUT2D eigenvalue weighted by Gasteiger charge is 2.56. The van der Waals surface area contributed by atoms with Gasteiger partial charge in [-0.1, -0.05) is 15.9 Å². The molecule has 1 saturated heterocycles. The van der Waals surface area contributed by atoms with Gasteiger partial charge in [0, 0.05) is 8.95 Å². The largest absolute Gasteiger partial charge is 0.464 e. The van der Waals surface area contributed by atoms with E-state index in [1.54, 1.807) is 18.2 Å². The van der Waals surface area contributed by atoms with Crippen LogP contribution in [-0.4, -0.2) is 36.6 Å². The lowest BCUT2D eigenvalue weighted by molar-refractivity contribution is -0.133. The molecule has 22 heavy (non-hydrogen) atoms. The predicted molar refractivity (Wildman–Crippen MR) is 84.2 cm³/mol. The predicted octanol–water partition coefficient (Wildman–Crippen LogP) is 1.20. The lowest BCUT2D eigenvalue weighted by Crippen LogP contribution is -2.36. The monoisotopic (exact) mass is 429 g/mol. The van der Waals surface area contributed by atoms with Crippen LogP contribution in [0.15, 0.2) is 32.2 Å². The molecule has 1 N–H and O–H groups in total. The van der Waals surface area contributed by atoms with Crippen molar-refractivity contribution < 1.29 is 19.1 Å². The highest BCUT2D eigenvalue weighted by Crippen LogP contribution is 2.36. The third kappa shape index (κ3) is 2.15. The number of rotatable bonds is 2. The number of hydrazone groups is 1. The van der Waals surface area contributed by atoms with Gasteiger partial charge in [0.15, 0.2) is 5.71 Å². The number of anilines is 1. The van der Waals surface area contributed by atoms with Gasteiger partial charge in [-0.2, -0.15) is 5.10 Å². The van der Waals surface area contributed by atoms with Gasteiger partial charge < -0.3 is 4.74 Å². The molecule has 0 bridgehead atoms. The Bertz CT molecular complexity index is 734. The van der Waals surface area contributed by atoms with E-state index in [0.29, 0.717) is 10.2 Å². The zero-order valence-electron chi connectivity index (χ0n) is 11.2. The van der Waals surface area contributed by atoms with E-state index < -0.39 is 29.7 Å². The second-order valence-electron chi connectivity index (χ2n) is 4.68. The Balaban J connectivity index is 2.00. The van der Waals surface area contributed by atoms with E-state index in [2.05, 4.69) is 47.1 Å². The number of nitrogens with one attached hydrogen (secondary N) is 1. The van der Waals surface area contributed by atoms with Crippen molar-refractivity contribution in [1.82, 2.24) is 5.43 Å². The fourth-order valence-electron chi connectivity index (χ4n) is 2.46. The number of benzene rings is 1. The van der Waals surface area contributed by atoms with Crippen LogP contribution < -0.4 is 10.3 Å². The number of nitrogens with zero attached hydrogens (tertiary/aromatic N) is 2. The first-order valence-electron chi connectivity index (χ1n) is 6.20. The number of hydrogen-bond donors (Lipinski definition) is 1. The number of ether oxygens (including phenoxy) is 1. The summed E-state index contributed by atoms with van der Waals surface area (Å²) in [7, 11) is 1.20. The number of hydrogen-bond acceptors (Lipinski definition) is 6. The van der Waals surface area contributed by atoms with Crippen molar-refractivity contribution in [2.75, 3.05) is 12.0 Å². The summed E-state index contributed by atoms with van der Waals surface area (Å²) in [6.07, 6.45) is 0. The van der Waals surface area contributed by atoms with Crippen molar-refractivity contribution in [3.63, 3.8) is 0 Å². The summed E-state index contributed by atoms with van der Waals surface area (Å²) in [5.74, 6) is -2.65. The van der Waals surface area contributed by atoms with Gasteiger partial charge >= 0.3 is 5.97 Å². The van der Waals surface area contributed by atoms with E-state index in [4.69, 9.17) is 0 Å². The van der Waals surface area contributed by atoms with Gasteiger partial charge in [0.2, 0.25) is 5.91 Å². The minimum atomic E-state index is -0.963. The normalized spacial score (nSPS) is 23.2. The zero-order valence-corrected chi connectivity index (χ0v) is 14.3. The van der Waals surface area contributed by atoms with Gasteiger partial charge in [-0.25, -0.2) is 9.69 Å². The molecule has 3 rings (SSSR count). The van der Waals surface area contributed by atoms with Gasteiger partial charge in [0.05, 0.1) is 12.8 Å². The minimum absolute atomic E-state index is 0.0819. The van der Waals surface area contributed by atoms with Gasteiger partial charge in [-0.15, -0.1) is 0 Å². The molecule has 2 aliphatic rings. The first kappa shape index (κ1) is 15.2. The molecule has 1 aromatic carbocycles. The second-order valence-corrected chi connectivity index (χ2v) is 6.45. The van der Waals surface area contributed by atoms with Crippen molar-refractivity contribution in [2.45, 2.75) is 6.04 Å². The Labute approximate surface area is 141 Å². The average molecular weight is 431 g/mol. The van der Waals surface area contributed by atoms with Crippen LogP contribution in [0.3, 0.4) is 0 Å². The van der Waals surface area contributed by atoms with Crippen molar-refractivity contribution in [3.05, 3.63) is 27.1 Å². The number of carbonyl (C=O) groups excluding carboxylic acids is 3. The minimum Gasteiger partial charge on any atom is -0.464 e. The van der Waals surface area contributed by atoms with Crippen LogP contribution >= 0.6 is 31.9 Å². The van der Waals surface area contributed by atoms with Gasteiger partial charge in [-0.3, -0.25) is 15.0 Å². The molecular weight excluding hydrogens is 422 g/mol. The molecule has 0 saturated carbocycles. The topological polar surface area (TPSA) is 88.1 Å². The first-order chi connectivity index (χ1) is 10.5. The molecule has 0 spiro atoms. The smallest absolute Gasteiger partial charge is 0.355 e. The summed E-state index contributed by atoms with van der Waals surface area (Å²) in [5, 5.41) is 3.76. The summed E-state index contributed by atoms with van der Waals surface area (Å²) in [5.41, 5.74) is 2.88. The van der Waals surface area contributed by atoms with E-state index in [1.165, 1.54) is 7.11 Å². The zero-order chi connectivity index (χ0) is 16.0. The standard InChI is InChI=1S/C13H9Br2N3O4/c1-22-13(21)10-8-9(16-17-10)12(20)18(11(8)19)7-3-2-5(14)4-6(7)15/h2-4,8-9,16H,1H3/t8-,9-/m0/s1. The molecular formula is C13H9Br2N3O4. The summed E-state index contributed by atoms with van der Waals surface area (Å²) < 4.78 is 5.99. The number of esters is 1. The van der Waals surface area contributed by atoms with E-state index in [-0.39, 0.29) is 5.71 Å². The van der Waals surface area contributed by atoms with Crippen LogP contribution in [0, 0.1) is 5.92 Å². The number of amides is 2.